The van der Waals surface area contributed by atoms with Crippen molar-refractivity contribution >= 4 is 21.4 Å². The smallest absolute Gasteiger partial charge is 0.123 e. The molecule has 1 aliphatic rings. The predicted octanol–water partition coefficient (Wildman–Crippen LogP) is 9.44. The van der Waals surface area contributed by atoms with E-state index in [2.05, 4.69) is 64.1 Å². The maximum absolute atomic E-state index is 15.4. The summed E-state index contributed by atoms with van der Waals surface area (Å²) in [5.74, 6) is -0.268. The van der Waals surface area contributed by atoms with E-state index in [1.165, 1.54) is 15.0 Å². The minimum Gasteiger partial charge on any atom is -0.379 e. The Morgan fingerprint density at radius 3 is 2.05 bits per heavy atom. The number of hydrogen-bond donors (Lipinski definition) is 0. The van der Waals surface area contributed by atoms with Crippen LogP contribution < -0.4 is 0 Å². The molecule has 0 bridgehead atoms. The van der Waals surface area contributed by atoms with Crippen molar-refractivity contribution in [2.75, 3.05) is 33.0 Å². The summed E-state index contributed by atoms with van der Waals surface area (Å²) in [7, 11) is 0. The molecule has 5 atom stereocenters. The fourth-order valence-corrected chi connectivity index (χ4v) is 6.79. The summed E-state index contributed by atoms with van der Waals surface area (Å²) in [6, 6.07) is 15.9. The molecule has 0 N–H and O–H groups in total. The summed E-state index contributed by atoms with van der Waals surface area (Å²) in [6.45, 7) is 11.5. The molecule has 1 aromatic heterocycles. The van der Waals surface area contributed by atoms with Gasteiger partial charge in [-0.1, -0.05) is 77.6 Å². The highest BCUT2D eigenvalue weighted by Crippen LogP contribution is 2.39. The molecule has 0 unspecified atom stereocenters. The van der Waals surface area contributed by atoms with E-state index in [1.54, 1.807) is 23.5 Å². The van der Waals surface area contributed by atoms with Gasteiger partial charge in [-0.05, 0) is 66.5 Å². The van der Waals surface area contributed by atoms with Gasteiger partial charge in [0.25, 0.3) is 0 Å². The number of thiophene rings is 1. The van der Waals surface area contributed by atoms with Gasteiger partial charge in [0.2, 0.25) is 0 Å². The van der Waals surface area contributed by atoms with Gasteiger partial charge in [0.05, 0.1) is 6.61 Å². The zero-order valence-electron chi connectivity index (χ0n) is 27.2. The molecule has 44 heavy (non-hydrogen) atoms. The summed E-state index contributed by atoms with van der Waals surface area (Å²) in [4.78, 5) is 1.20. The first-order chi connectivity index (χ1) is 21.6. The number of unbranched alkanes of at least 4 members (excludes halogenated alkanes) is 4. The van der Waals surface area contributed by atoms with Crippen molar-refractivity contribution in [1.29, 1.82) is 0 Å². The predicted molar refractivity (Wildman–Crippen MR) is 178 cm³/mol. The Morgan fingerprint density at radius 1 is 0.727 bits per heavy atom. The molecular weight excluding hydrogens is 575 g/mol. The molecule has 1 aliphatic heterocycles. The molecule has 1 saturated heterocycles. The SMILES string of the molecule is CCCCOC[C@H]1O[C@@H](c2cc(F)cc(Cc3cc4ccccc4s3)c2)[C@H](OCCCC)[C@@H](OCCCC)[C@@H]1OCCCC. The van der Waals surface area contributed by atoms with Gasteiger partial charge in [0.1, 0.15) is 36.3 Å². The zero-order chi connectivity index (χ0) is 31.1. The van der Waals surface area contributed by atoms with Gasteiger partial charge in [0.15, 0.2) is 0 Å². The summed E-state index contributed by atoms with van der Waals surface area (Å²) in [6.07, 6.45) is 6.62. The normalized spacial score (nSPS) is 22.2. The molecule has 244 valence electrons. The molecule has 0 amide bonds. The molecule has 5 nitrogen and oxygen atoms in total. The number of ether oxygens (including phenoxy) is 5. The van der Waals surface area contributed by atoms with Crippen molar-refractivity contribution in [3.05, 3.63) is 70.4 Å². The van der Waals surface area contributed by atoms with Crippen LogP contribution in [0, 0.1) is 5.82 Å². The Bertz CT molecular complexity index is 1200. The van der Waals surface area contributed by atoms with Gasteiger partial charge in [-0.2, -0.15) is 0 Å². The van der Waals surface area contributed by atoms with E-state index in [-0.39, 0.29) is 24.1 Å². The minimum absolute atomic E-state index is 0.268. The maximum atomic E-state index is 15.4. The lowest BCUT2D eigenvalue weighted by Gasteiger charge is -2.46. The van der Waals surface area contributed by atoms with Gasteiger partial charge < -0.3 is 23.7 Å². The Kier molecular flexibility index (Phi) is 15.1. The topological polar surface area (TPSA) is 46.2 Å². The summed E-state index contributed by atoms with van der Waals surface area (Å²) < 4.78 is 49.4. The fourth-order valence-electron chi connectivity index (χ4n) is 5.69. The molecule has 3 aromatic rings. The Labute approximate surface area is 268 Å². The molecule has 7 heteroatoms. The van der Waals surface area contributed by atoms with Crippen LogP contribution in [0.25, 0.3) is 10.1 Å². The van der Waals surface area contributed by atoms with Crippen LogP contribution in [0.15, 0.2) is 48.5 Å². The minimum atomic E-state index is -0.513. The van der Waals surface area contributed by atoms with Crippen LogP contribution in [0.4, 0.5) is 4.39 Å². The van der Waals surface area contributed by atoms with Gasteiger partial charge in [-0.15, -0.1) is 11.3 Å². The number of fused-ring (bicyclic) bond motifs is 1. The largest absolute Gasteiger partial charge is 0.379 e. The van der Waals surface area contributed by atoms with Crippen LogP contribution in [0.2, 0.25) is 0 Å². The van der Waals surface area contributed by atoms with Crippen LogP contribution in [-0.4, -0.2) is 57.5 Å². The number of hydrogen-bond acceptors (Lipinski definition) is 6. The van der Waals surface area contributed by atoms with Crippen molar-refractivity contribution in [2.24, 2.45) is 0 Å². The fraction of sp³-hybridized carbons (Fsp3) is 0.622. The Balaban J connectivity index is 1.67. The van der Waals surface area contributed by atoms with E-state index in [0.717, 1.165) is 62.5 Å². The highest BCUT2D eigenvalue weighted by atomic mass is 32.1. The summed E-state index contributed by atoms with van der Waals surface area (Å²) in [5, 5.41) is 1.22. The first-order valence-electron chi connectivity index (χ1n) is 16.9. The van der Waals surface area contributed by atoms with Crippen LogP contribution in [-0.2, 0) is 30.1 Å². The average molecular weight is 629 g/mol. The van der Waals surface area contributed by atoms with E-state index < -0.39 is 12.2 Å². The first-order valence-corrected chi connectivity index (χ1v) is 17.7. The van der Waals surface area contributed by atoms with Crippen molar-refractivity contribution < 1.29 is 28.1 Å². The maximum Gasteiger partial charge on any atom is 0.123 e. The second kappa shape index (κ2) is 18.9. The third-order valence-corrected chi connectivity index (χ3v) is 9.26. The lowest BCUT2D eigenvalue weighted by molar-refractivity contribution is -0.268. The van der Waals surface area contributed by atoms with E-state index in [0.29, 0.717) is 39.5 Å². The van der Waals surface area contributed by atoms with Gasteiger partial charge in [0, 0.05) is 42.4 Å². The van der Waals surface area contributed by atoms with Crippen molar-refractivity contribution in [1.82, 2.24) is 0 Å². The van der Waals surface area contributed by atoms with Crippen LogP contribution in [0.3, 0.4) is 0 Å². The van der Waals surface area contributed by atoms with Gasteiger partial charge in [-0.3, -0.25) is 0 Å². The van der Waals surface area contributed by atoms with Crippen LogP contribution in [0.1, 0.15) is 101 Å². The molecule has 0 spiro atoms. The molecule has 4 rings (SSSR count). The number of halogens is 1. The monoisotopic (exact) mass is 628 g/mol. The highest BCUT2D eigenvalue weighted by Gasteiger charge is 2.48. The van der Waals surface area contributed by atoms with Crippen molar-refractivity contribution in [2.45, 2.75) is 116 Å². The molecule has 2 aromatic carbocycles. The quantitative estimate of drug-likeness (QED) is 0.117. The van der Waals surface area contributed by atoms with Gasteiger partial charge in [-0.25, -0.2) is 4.39 Å². The summed E-state index contributed by atoms with van der Waals surface area (Å²) >= 11 is 1.76. The van der Waals surface area contributed by atoms with Crippen LogP contribution >= 0.6 is 11.3 Å². The third kappa shape index (κ3) is 10.1. The number of rotatable bonds is 20. The summed E-state index contributed by atoms with van der Waals surface area (Å²) in [5.41, 5.74) is 1.69. The lowest BCUT2D eigenvalue weighted by atomic mass is 9.89. The standard InChI is InChI=1S/C37H53FO5S/c1-5-9-17-39-26-32-35(40-18-10-6-2)37(42-20-12-8-4)36(41-19-11-7-3)34(43-32)29-21-27(22-30(38)24-29)23-31-25-28-15-13-14-16-33(28)44-31/h13-16,21-22,24-25,32,34-37H,5-12,17-20,23,26H2,1-4H3/t32-,34+,35-,36+,37+/m1/s1. The molecule has 0 saturated carbocycles. The Hall–Kier alpha value is -1.87. The second-order valence-electron chi connectivity index (χ2n) is 11.9. The van der Waals surface area contributed by atoms with E-state index >= 15 is 4.39 Å². The van der Waals surface area contributed by atoms with Crippen LogP contribution in [0.5, 0.6) is 0 Å². The molecule has 0 radical (unpaired) electrons. The van der Waals surface area contributed by atoms with E-state index in [4.69, 9.17) is 23.7 Å². The lowest BCUT2D eigenvalue weighted by Crippen LogP contribution is -2.58. The molecule has 1 fully saturated rings. The molecule has 0 aliphatic carbocycles. The first kappa shape index (κ1) is 35.0. The van der Waals surface area contributed by atoms with Crippen molar-refractivity contribution in [3.8, 4) is 0 Å². The molecule has 2 heterocycles. The molecular formula is C37H53FO5S. The van der Waals surface area contributed by atoms with E-state index in [9.17, 15) is 0 Å². The Morgan fingerprint density at radius 2 is 1.36 bits per heavy atom. The third-order valence-electron chi connectivity index (χ3n) is 8.15. The zero-order valence-corrected chi connectivity index (χ0v) is 28.0. The van der Waals surface area contributed by atoms with E-state index in [1.807, 2.05) is 0 Å². The number of benzene rings is 2. The second-order valence-corrected chi connectivity index (χ2v) is 13.1. The van der Waals surface area contributed by atoms with Crippen molar-refractivity contribution in [3.63, 3.8) is 0 Å². The highest BCUT2D eigenvalue weighted by molar-refractivity contribution is 7.19. The van der Waals surface area contributed by atoms with Gasteiger partial charge >= 0.3 is 0 Å². The average Bonchev–Trinajstić information content (AvgIpc) is 3.43.